The van der Waals surface area contributed by atoms with E-state index in [0.717, 1.165) is 26.3 Å². The lowest BCUT2D eigenvalue weighted by molar-refractivity contribution is 0.0990. The van der Waals surface area contributed by atoms with Crippen LogP contribution in [0.4, 0.5) is 10.7 Å². The Labute approximate surface area is 271 Å². The summed E-state index contributed by atoms with van der Waals surface area (Å²) in [7, 11) is 0. The lowest BCUT2D eigenvalue weighted by Crippen LogP contribution is -2.27. The maximum absolute atomic E-state index is 13.5. The van der Waals surface area contributed by atoms with E-state index in [-0.39, 0.29) is 22.6 Å². The minimum Gasteiger partial charge on any atom is -0.288 e. The molecule has 1 aliphatic carbocycles. The molecule has 0 saturated carbocycles. The van der Waals surface area contributed by atoms with Gasteiger partial charge in [0.15, 0.2) is 11.6 Å². The summed E-state index contributed by atoms with van der Waals surface area (Å²) in [5, 5.41) is 2.99. The van der Waals surface area contributed by atoms with E-state index in [9.17, 15) is 9.59 Å². The van der Waals surface area contributed by atoms with Crippen LogP contribution in [0, 0.1) is 0 Å². The second-order valence-electron chi connectivity index (χ2n) is 13.1. The van der Waals surface area contributed by atoms with E-state index in [4.69, 9.17) is 0 Å². The van der Waals surface area contributed by atoms with Gasteiger partial charge in [0.2, 0.25) is 0 Å². The Kier molecular flexibility index (Phi) is 6.83. The predicted molar refractivity (Wildman–Crippen MR) is 188 cm³/mol. The highest BCUT2D eigenvalue weighted by atomic mass is 79.9. The fourth-order valence-electron chi connectivity index (χ4n) is 6.85. The van der Waals surface area contributed by atoms with Crippen molar-refractivity contribution in [2.45, 2.75) is 58.8 Å². The number of fused-ring (bicyclic) bond motifs is 4. The number of halogens is 1. The van der Waals surface area contributed by atoms with Crippen molar-refractivity contribution in [3.05, 3.63) is 123 Å². The Hall–Kier alpha value is -3.80. The van der Waals surface area contributed by atoms with Gasteiger partial charge >= 0.3 is 0 Å². The first-order chi connectivity index (χ1) is 21.0. The molecule has 0 unspecified atom stereocenters. The fourth-order valence-corrected chi connectivity index (χ4v) is 8.75. The van der Waals surface area contributed by atoms with Gasteiger partial charge in [-0.2, -0.15) is 0 Å². The van der Waals surface area contributed by atoms with Crippen LogP contribution < -0.4 is 3.93 Å². The summed E-state index contributed by atoms with van der Waals surface area (Å²) < 4.78 is 2.08. The van der Waals surface area contributed by atoms with Gasteiger partial charge in [-0.15, -0.1) is 11.3 Å². The van der Waals surface area contributed by atoms with Crippen molar-refractivity contribution in [2.75, 3.05) is 3.93 Å². The molecular weight excluding hydrogens is 626 g/mol. The number of benzene rings is 4. The van der Waals surface area contributed by atoms with Crippen LogP contribution in [0.5, 0.6) is 0 Å². The van der Waals surface area contributed by atoms with Gasteiger partial charge in [-0.3, -0.25) is 13.5 Å². The Morgan fingerprint density at radius 1 is 0.750 bits per heavy atom. The molecule has 2 aliphatic rings. The minimum absolute atomic E-state index is 0.199. The number of carbonyl (C=O) groups is 2. The van der Waals surface area contributed by atoms with Crippen LogP contribution in [-0.2, 0) is 5.41 Å². The fraction of sp³-hybridized carbons (Fsp3) is 0.231. The highest BCUT2D eigenvalue weighted by Crippen LogP contribution is 2.55. The van der Waals surface area contributed by atoms with Crippen LogP contribution in [0.1, 0.15) is 101 Å². The lowest BCUT2D eigenvalue weighted by Gasteiger charge is -2.37. The molecule has 3 nitrogen and oxygen atoms in total. The second kappa shape index (κ2) is 10.4. The van der Waals surface area contributed by atoms with Crippen LogP contribution in [0.2, 0.25) is 0 Å². The SMILES string of the molecule is CC(C)c1cccc(C(C)C)c1-c1ccc2c(c1)C(C)(C)c1cc(C=C3C(=O)c4cc5ccccc5cc4C3=O)sc1N2Br. The van der Waals surface area contributed by atoms with Crippen molar-refractivity contribution < 1.29 is 9.59 Å². The van der Waals surface area contributed by atoms with Gasteiger partial charge in [0.1, 0.15) is 5.00 Å². The molecule has 0 amide bonds. The second-order valence-corrected chi connectivity index (χ2v) is 14.9. The van der Waals surface area contributed by atoms with Crippen molar-refractivity contribution in [2.24, 2.45) is 0 Å². The van der Waals surface area contributed by atoms with Crippen LogP contribution in [0.3, 0.4) is 0 Å². The molecule has 1 aliphatic heterocycles. The largest absolute Gasteiger partial charge is 0.288 e. The van der Waals surface area contributed by atoms with Crippen LogP contribution >= 0.6 is 27.5 Å². The molecule has 5 heteroatoms. The molecule has 0 bridgehead atoms. The monoisotopic (exact) mass is 659 g/mol. The maximum Gasteiger partial charge on any atom is 0.197 e. The van der Waals surface area contributed by atoms with Crippen LogP contribution in [0.15, 0.2) is 84.4 Å². The number of nitrogens with zero attached hydrogens (tertiary/aromatic N) is 1. The average molecular weight is 661 g/mol. The summed E-state index contributed by atoms with van der Waals surface area (Å²) in [4.78, 5) is 27.9. The number of thiophene rings is 1. The van der Waals surface area contributed by atoms with Crippen molar-refractivity contribution in [1.82, 2.24) is 0 Å². The molecule has 7 rings (SSSR count). The zero-order valence-electron chi connectivity index (χ0n) is 25.8. The summed E-state index contributed by atoms with van der Waals surface area (Å²) >= 11 is 5.47. The topological polar surface area (TPSA) is 37.4 Å². The van der Waals surface area contributed by atoms with Gasteiger partial charge in [-0.1, -0.05) is 90.1 Å². The summed E-state index contributed by atoms with van der Waals surface area (Å²) in [6.45, 7) is 13.6. The molecule has 0 radical (unpaired) electrons. The lowest BCUT2D eigenvalue weighted by atomic mass is 9.74. The first-order valence-corrected chi connectivity index (χ1v) is 16.7. The third kappa shape index (κ3) is 4.35. The van der Waals surface area contributed by atoms with Gasteiger partial charge in [-0.25, -0.2) is 0 Å². The van der Waals surface area contributed by atoms with Crippen molar-refractivity contribution in [1.29, 1.82) is 0 Å². The number of rotatable bonds is 4. The van der Waals surface area contributed by atoms with Gasteiger partial charge in [0.25, 0.3) is 0 Å². The number of hydrogen-bond acceptors (Lipinski definition) is 4. The number of anilines is 2. The first-order valence-electron chi connectivity index (χ1n) is 15.2. The normalized spacial score (nSPS) is 15.3. The third-order valence-corrected chi connectivity index (χ3v) is 11.3. The van der Waals surface area contributed by atoms with Crippen LogP contribution in [-0.4, -0.2) is 11.6 Å². The zero-order chi connectivity index (χ0) is 31.1. The highest BCUT2D eigenvalue weighted by molar-refractivity contribution is 9.10. The van der Waals surface area contributed by atoms with E-state index in [1.165, 1.54) is 33.4 Å². The Bertz CT molecular complexity index is 1980. The number of carbonyl (C=O) groups excluding carboxylic acids is 2. The third-order valence-electron chi connectivity index (χ3n) is 9.28. The predicted octanol–water partition coefficient (Wildman–Crippen LogP) is 11.4. The van der Waals surface area contributed by atoms with E-state index < -0.39 is 0 Å². The standard InChI is InChI=1S/C39H34BrNO2S/c1-21(2)27-12-9-13-28(22(3)4)35(27)25-14-15-34-32(18-25)39(5,6)33-20-26(44-38(33)41(34)40)19-31-36(42)29-16-23-10-7-8-11-24(23)17-30(29)37(31)43/h7-22H,1-6H3. The van der Waals surface area contributed by atoms with Crippen molar-refractivity contribution in [3.8, 4) is 11.1 Å². The van der Waals surface area contributed by atoms with Gasteiger partial charge in [-0.05, 0) is 92.4 Å². The van der Waals surface area contributed by atoms with Gasteiger partial charge in [0.05, 0.1) is 27.4 Å². The quantitative estimate of drug-likeness (QED) is 0.109. The highest BCUT2D eigenvalue weighted by Gasteiger charge is 2.39. The van der Waals surface area contributed by atoms with Crippen LogP contribution in [0.25, 0.3) is 28.0 Å². The molecular formula is C39H34BrNO2S. The molecule has 44 heavy (non-hydrogen) atoms. The first kappa shape index (κ1) is 28.9. The Morgan fingerprint density at radius 2 is 1.34 bits per heavy atom. The maximum atomic E-state index is 13.5. The van der Waals surface area contributed by atoms with E-state index in [0.29, 0.717) is 23.0 Å². The number of allylic oxidation sites excluding steroid dienone is 1. The van der Waals surface area contributed by atoms with E-state index in [1.54, 1.807) is 17.4 Å². The van der Waals surface area contributed by atoms with Gasteiger partial charge in [0, 0.05) is 21.4 Å². The summed E-state index contributed by atoms with van der Waals surface area (Å²) in [6, 6.07) is 27.2. The number of ketones is 2. The summed E-state index contributed by atoms with van der Waals surface area (Å²) in [6.07, 6.45) is 1.79. The van der Waals surface area contributed by atoms with Crippen molar-refractivity contribution >= 4 is 66.6 Å². The molecule has 0 atom stereocenters. The zero-order valence-corrected chi connectivity index (χ0v) is 28.2. The van der Waals surface area contributed by atoms with E-state index in [1.807, 2.05) is 36.4 Å². The van der Waals surface area contributed by atoms with E-state index >= 15 is 0 Å². The number of Topliss-reactive ketones (excluding diaryl/α,β-unsaturated/α-hetero) is 2. The molecule has 0 fully saturated rings. The molecule has 1 aromatic heterocycles. The molecule has 2 heterocycles. The van der Waals surface area contributed by atoms with E-state index in [2.05, 4.69) is 104 Å². The molecule has 0 N–H and O–H groups in total. The van der Waals surface area contributed by atoms with Gasteiger partial charge < -0.3 is 0 Å². The molecule has 220 valence electrons. The minimum atomic E-state index is -0.298. The molecule has 5 aromatic rings. The van der Waals surface area contributed by atoms with Crippen molar-refractivity contribution in [3.63, 3.8) is 0 Å². The molecule has 4 aromatic carbocycles. The Morgan fingerprint density at radius 3 is 1.91 bits per heavy atom. The number of hydrogen-bond donors (Lipinski definition) is 0. The summed E-state index contributed by atoms with van der Waals surface area (Å²) in [5.41, 5.74) is 9.73. The molecule has 0 spiro atoms. The summed E-state index contributed by atoms with van der Waals surface area (Å²) in [5.74, 6) is 0.416. The smallest absolute Gasteiger partial charge is 0.197 e. The average Bonchev–Trinajstić information content (AvgIpc) is 3.54. The molecule has 0 saturated heterocycles. The Balaban J connectivity index is 1.31.